The monoisotopic (exact) mass is 373 g/mol. The first-order chi connectivity index (χ1) is 12.6. The summed E-state index contributed by atoms with van der Waals surface area (Å²) in [5, 5.41) is 5.61. The molecule has 0 spiro atoms. The van der Waals surface area contributed by atoms with E-state index in [1.165, 1.54) is 17.8 Å². The predicted octanol–water partition coefficient (Wildman–Crippen LogP) is 2.99. The van der Waals surface area contributed by atoms with Gasteiger partial charge in [-0.25, -0.2) is 4.98 Å². The second-order valence-corrected chi connectivity index (χ2v) is 7.52. The Morgan fingerprint density at radius 1 is 1.35 bits per heavy atom. The molecule has 1 N–H and O–H groups in total. The summed E-state index contributed by atoms with van der Waals surface area (Å²) in [5.74, 6) is -0.199. The van der Waals surface area contributed by atoms with E-state index in [1.54, 1.807) is 12.4 Å². The van der Waals surface area contributed by atoms with Crippen LogP contribution in [0.4, 0.5) is 0 Å². The van der Waals surface area contributed by atoms with E-state index in [9.17, 15) is 9.59 Å². The number of hydrogen-bond donors (Lipinski definition) is 1. The Morgan fingerprint density at radius 2 is 2.19 bits per heavy atom. The van der Waals surface area contributed by atoms with Crippen molar-refractivity contribution in [3.05, 3.63) is 35.6 Å². The summed E-state index contributed by atoms with van der Waals surface area (Å²) >= 11 is 1.45. The van der Waals surface area contributed by atoms with Crippen LogP contribution in [0.5, 0.6) is 0 Å². The first-order valence-corrected chi connectivity index (χ1v) is 9.79. The Bertz CT molecular complexity index is 747. The largest absolute Gasteiger partial charge is 0.455 e. The zero-order valence-corrected chi connectivity index (χ0v) is 15.6. The highest BCUT2D eigenvalue weighted by atomic mass is 32.1. The number of ether oxygens (including phenoxy) is 1. The maximum atomic E-state index is 12.0. The molecular weight excluding hydrogens is 350 g/mol. The number of nitrogens with zero attached hydrogens (tertiary/aromatic N) is 2. The van der Waals surface area contributed by atoms with Crippen LogP contribution in [0.25, 0.3) is 10.6 Å². The van der Waals surface area contributed by atoms with Crippen LogP contribution in [0, 0.1) is 5.92 Å². The van der Waals surface area contributed by atoms with Crippen molar-refractivity contribution in [1.82, 2.24) is 15.3 Å². The summed E-state index contributed by atoms with van der Waals surface area (Å²) in [6, 6.07) is 3.96. The molecule has 1 aliphatic rings. The highest BCUT2D eigenvalue weighted by Gasteiger charge is 2.23. The molecule has 0 aromatic carbocycles. The molecule has 1 saturated carbocycles. The fourth-order valence-electron chi connectivity index (χ4n) is 3.13. The molecule has 26 heavy (non-hydrogen) atoms. The SMILES string of the molecule is C[C@@H]1CCCC[C@H]1NC(=O)COC(=O)Cc1csc(-c2cccnc2)n1. The normalized spacial score (nSPS) is 19.7. The number of nitrogens with one attached hydrogen (secondary N) is 1. The number of aromatic nitrogens is 2. The summed E-state index contributed by atoms with van der Waals surface area (Å²) in [7, 11) is 0. The Morgan fingerprint density at radius 3 is 2.96 bits per heavy atom. The number of hydrogen-bond acceptors (Lipinski definition) is 6. The van der Waals surface area contributed by atoms with E-state index in [2.05, 4.69) is 22.2 Å². The zero-order chi connectivity index (χ0) is 18.4. The minimum atomic E-state index is -0.445. The average Bonchev–Trinajstić information content (AvgIpc) is 3.11. The van der Waals surface area contributed by atoms with Crippen molar-refractivity contribution >= 4 is 23.2 Å². The Labute approximate surface area is 157 Å². The van der Waals surface area contributed by atoms with Crippen LogP contribution in [-0.2, 0) is 20.7 Å². The van der Waals surface area contributed by atoms with Gasteiger partial charge in [-0.05, 0) is 30.9 Å². The van der Waals surface area contributed by atoms with E-state index < -0.39 is 5.97 Å². The average molecular weight is 373 g/mol. The molecule has 0 aliphatic heterocycles. The van der Waals surface area contributed by atoms with Crippen molar-refractivity contribution in [3.63, 3.8) is 0 Å². The van der Waals surface area contributed by atoms with E-state index in [1.807, 2.05) is 17.5 Å². The lowest BCUT2D eigenvalue weighted by Gasteiger charge is -2.29. The second kappa shape index (κ2) is 8.89. The number of rotatable bonds is 6. The van der Waals surface area contributed by atoms with Crippen LogP contribution in [0.15, 0.2) is 29.9 Å². The van der Waals surface area contributed by atoms with Gasteiger partial charge in [-0.15, -0.1) is 11.3 Å². The molecule has 7 heteroatoms. The summed E-state index contributed by atoms with van der Waals surface area (Å²) in [4.78, 5) is 32.5. The Hall–Kier alpha value is -2.28. The fourth-order valence-corrected chi connectivity index (χ4v) is 3.94. The van der Waals surface area contributed by atoms with Gasteiger partial charge in [-0.1, -0.05) is 19.8 Å². The molecule has 2 aromatic heterocycles. The molecule has 0 bridgehead atoms. The van der Waals surface area contributed by atoms with Gasteiger partial charge >= 0.3 is 5.97 Å². The van der Waals surface area contributed by atoms with Crippen LogP contribution < -0.4 is 5.32 Å². The van der Waals surface area contributed by atoms with E-state index in [0.717, 1.165) is 29.8 Å². The molecule has 2 heterocycles. The van der Waals surface area contributed by atoms with Gasteiger partial charge in [0.1, 0.15) is 5.01 Å². The topological polar surface area (TPSA) is 81.2 Å². The molecule has 1 amide bonds. The van der Waals surface area contributed by atoms with Crippen molar-refractivity contribution in [2.45, 2.75) is 45.1 Å². The molecule has 1 aliphatic carbocycles. The van der Waals surface area contributed by atoms with Gasteiger partial charge in [0.05, 0.1) is 12.1 Å². The molecule has 138 valence electrons. The summed E-state index contributed by atoms with van der Waals surface area (Å²) in [6.45, 7) is 1.92. The number of carbonyl (C=O) groups is 2. The van der Waals surface area contributed by atoms with Gasteiger partial charge in [-0.3, -0.25) is 14.6 Å². The van der Waals surface area contributed by atoms with E-state index in [-0.39, 0.29) is 25.0 Å². The first-order valence-electron chi connectivity index (χ1n) is 8.91. The third-order valence-electron chi connectivity index (χ3n) is 4.61. The Balaban J connectivity index is 1.44. The molecule has 3 rings (SSSR count). The van der Waals surface area contributed by atoms with Gasteiger partial charge in [0.25, 0.3) is 5.91 Å². The third-order valence-corrected chi connectivity index (χ3v) is 5.55. The smallest absolute Gasteiger partial charge is 0.312 e. The molecule has 6 nitrogen and oxygen atoms in total. The predicted molar refractivity (Wildman–Crippen MR) is 99.6 cm³/mol. The van der Waals surface area contributed by atoms with Gasteiger partial charge in [0.2, 0.25) is 0 Å². The molecule has 0 saturated heterocycles. The quantitative estimate of drug-likeness (QED) is 0.787. The van der Waals surface area contributed by atoms with Gasteiger partial charge < -0.3 is 10.1 Å². The van der Waals surface area contributed by atoms with Crippen molar-refractivity contribution in [3.8, 4) is 10.6 Å². The van der Waals surface area contributed by atoms with Crippen LogP contribution >= 0.6 is 11.3 Å². The molecule has 2 atom stereocenters. The number of carbonyl (C=O) groups excluding carboxylic acids is 2. The maximum absolute atomic E-state index is 12.0. The number of esters is 1. The lowest BCUT2D eigenvalue weighted by Crippen LogP contribution is -2.42. The lowest BCUT2D eigenvalue weighted by atomic mass is 9.86. The van der Waals surface area contributed by atoms with Gasteiger partial charge in [0, 0.05) is 29.4 Å². The van der Waals surface area contributed by atoms with Gasteiger partial charge in [-0.2, -0.15) is 0 Å². The zero-order valence-electron chi connectivity index (χ0n) is 14.8. The number of amides is 1. The van der Waals surface area contributed by atoms with Crippen molar-refractivity contribution in [2.75, 3.05) is 6.61 Å². The highest BCUT2D eigenvalue weighted by molar-refractivity contribution is 7.13. The van der Waals surface area contributed by atoms with Crippen molar-refractivity contribution in [2.24, 2.45) is 5.92 Å². The number of thiazole rings is 1. The minimum absolute atomic E-state index is 0.0594. The number of pyridine rings is 1. The van der Waals surface area contributed by atoms with E-state index in [0.29, 0.717) is 11.6 Å². The summed E-state index contributed by atoms with van der Waals surface area (Å²) in [5.41, 5.74) is 1.55. The van der Waals surface area contributed by atoms with Crippen LogP contribution in [-0.4, -0.2) is 34.5 Å². The molecule has 0 unspecified atom stereocenters. The van der Waals surface area contributed by atoms with E-state index in [4.69, 9.17) is 4.74 Å². The second-order valence-electron chi connectivity index (χ2n) is 6.66. The highest BCUT2D eigenvalue weighted by Crippen LogP contribution is 2.24. The standard InChI is InChI=1S/C19H23N3O3S/c1-13-5-2-3-7-16(13)22-17(23)11-25-18(24)9-15-12-26-19(21-15)14-6-4-8-20-10-14/h4,6,8,10,12-13,16H,2-3,5,7,9,11H2,1H3,(H,22,23)/t13-,16-/m1/s1. The molecule has 1 fully saturated rings. The third kappa shape index (κ3) is 5.11. The van der Waals surface area contributed by atoms with Crippen molar-refractivity contribution < 1.29 is 14.3 Å². The van der Waals surface area contributed by atoms with Crippen LogP contribution in [0.3, 0.4) is 0 Å². The molecular formula is C19H23N3O3S. The molecule has 0 radical (unpaired) electrons. The summed E-state index contributed by atoms with van der Waals surface area (Å²) in [6.07, 6.45) is 7.98. The maximum Gasteiger partial charge on any atom is 0.312 e. The van der Waals surface area contributed by atoms with Crippen LogP contribution in [0.1, 0.15) is 38.3 Å². The van der Waals surface area contributed by atoms with E-state index >= 15 is 0 Å². The Kier molecular flexibility index (Phi) is 6.33. The van der Waals surface area contributed by atoms with Crippen LogP contribution in [0.2, 0.25) is 0 Å². The minimum Gasteiger partial charge on any atom is -0.455 e. The van der Waals surface area contributed by atoms with Crippen molar-refractivity contribution in [1.29, 1.82) is 0 Å². The molecule has 2 aromatic rings. The first kappa shape index (κ1) is 18.5. The lowest BCUT2D eigenvalue weighted by molar-refractivity contribution is -0.148. The summed E-state index contributed by atoms with van der Waals surface area (Å²) < 4.78 is 5.10. The fraction of sp³-hybridized carbons (Fsp3) is 0.474. The van der Waals surface area contributed by atoms with Gasteiger partial charge in [0.15, 0.2) is 6.61 Å².